The van der Waals surface area contributed by atoms with Crippen molar-refractivity contribution in [3.05, 3.63) is 46.2 Å². The van der Waals surface area contributed by atoms with Crippen molar-refractivity contribution >= 4 is 43.7 Å². The van der Waals surface area contributed by atoms with E-state index in [-0.39, 0.29) is 10.9 Å². The lowest BCUT2D eigenvalue weighted by Crippen LogP contribution is -2.42. The molecule has 1 N–H and O–H groups in total. The average Bonchev–Trinajstić information content (AvgIpc) is 3.40. The number of hydrogen-bond acceptors (Lipinski definition) is 7. The number of sulfonamides is 1. The molecule has 1 saturated heterocycles. The molecule has 3 aromatic rings. The van der Waals surface area contributed by atoms with E-state index in [1.807, 2.05) is 23.8 Å². The normalized spacial score (nSPS) is 17.7. The van der Waals surface area contributed by atoms with E-state index in [1.54, 1.807) is 34.7 Å². The monoisotopic (exact) mass is 462 g/mol. The number of benzene rings is 1. The highest BCUT2D eigenvalue weighted by Crippen LogP contribution is 2.29. The van der Waals surface area contributed by atoms with E-state index >= 15 is 0 Å². The Balaban J connectivity index is 1.58. The van der Waals surface area contributed by atoms with Crippen LogP contribution in [0.3, 0.4) is 0 Å². The van der Waals surface area contributed by atoms with Crippen LogP contribution < -0.4 is 5.32 Å². The van der Waals surface area contributed by atoms with Crippen molar-refractivity contribution in [2.75, 3.05) is 11.9 Å². The molecule has 1 fully saturated rings. The van der Waals surface area contributed by atoms with Crippen LogP contribution in [0.15, 0.2) is 39.9 Å². The highest BCUT2D eigenvalue weighted by atomic mass is 32.2. The Morgan fingerprint density at radius 2 is 2.07 bits per heavy atom. The Labute approximate surface area is 183 Å². The predicted octanol–water partition coefficient (Wildman–Crippen LogP) is 4.39. The summed E-state index contributed by atoms with van der Waals surface area (Å²) in [5.41, 5.74) is 1.96. The summed E-state index contributed by atoms with van der Waals surface area (Å²) >= 11 is 2.84. The van der Waals surface area contributed by atoms with E-state index in [0.29, 0.717) is 22.8 Å². The zero-order valence-electron chi connectivity index (χ0n) is 16.7. The minimum atomic E-state index is -3.65. The smallest absolute Gasteiger partial charge is 0.257 e. The predicted molar refractivity (Wildman–Crippen MR) is 120 cm³/mol. The van der Waals surface area contributed by atoms with Crippen LogP contribution >= 0.6 is 22.7 Å². The summed E-state index contributed by atoms with van der Waals surface area (Å²) in [5.74, 6) is -0.399. The van der Waals surface area contributed by atoms with Crippen molar-refractivity contribution < 1.29 is 13.2 Å². The fourth-order valence-electron chi connectivity index (χ4n) is 3.51. The number of nitrogens with zero attached hydrogens (tertiary/aromatic N) is 3. The average molecular weight is 463 g/mol. The maximum Gasteiger partial charge on any atom is 0.257 e. The van der Waals surface area contributed by atoms with Gasteiger partial charge in [0.15, 0.2) is 0 Å². The second-order valence-corrected chi connectivity index (χ2v) is 11.0. The second kappa shape index (κ2) is 8.54. The highest BCUT2D eigenvalue weighted by Gasteiger charge is 2.31. The largest absolute Gasteiger partial charge is 0.296 e. The van der Waals surface area contributed by atoms with E-state index in [1.165, 1.54) is 17.4 Å². The van der Waals surface area contributed by atoms with Gasteiger partial charge in [0.2, 0.25) is 15.2 Å². The van der Waals surface area contributed by atoms with Gasteiger partial charge in [0.05, 0.1) is 4.90 Å². The zero-order valence-corrected chi connectivity index (χ0v) is 19.1. The molecule has 0 saturated carbocycles. The fraction of sp³-hybridized carbons (Fsp3) is 0.350. The van der Waals surface area contributed by atoms with Crippen molar-refractivity contribution in [3.8, 4) is 10.6 Å². The van der Waals surface area contributed by atoms with Gasteiger partial charge in [-0.3, -0.25) is 10.1 Å². The molecule has 7 nitrogen and oxygen atoms in total. The van der Waals surface area contributed by atoms with Gasteiger partial charge in [-0.15, -0.1) is 10.2 Å². The molecular weight excluding hydrogens is 440 g/mol. The summed E-state index contributed by atoms with van der Waals surface area (Å²) in [7, 11) is -3.65. The standard InChI is InChI=1S/C20H22N4O3S3/c1-13-6-7-16(30(26,27)24-9-4-3-5-14(24)2)11-17(13)18(25)21-20-23-22-19(29-20)15-8-10-28-12-15/h6-8,10-12,14H,3-5,9H2,1-2H3,(H,21,23,25). The topological polar surface area (TPSA) is 92.3 Å². The number of aromatic nitrogens is 2. The molecule has 1 aromatic carbocycles. The number of nitrogens with one attached hydrogen (secondary N) is 1. The molecule has 1 unspecified atom stereocenters. The Kier molecular flexibility index (Phi) is 6.01. The van der Waals surface area contributed by atoms with Crippen molar-refractivity contribution in [1.82, 2.24) is 14.5 Å². The maximum atomic E-state index is 13.2. The maximum absolute atomic E-state index is 13.2. The number of aryl methyl sites for hydroxylation is 1. The molecule has 0 spiro atoms. The summed E-state index contributed by atoms with van der Waals surface area (Å²) < 4.78 is 27.8. The second-order valence-electron chi connectivity index (χ2n) is 7.32. The molecule has 1 atom stereocenters. The minimum absolute atomic E-state index is 0.0424. The SMILES string of the molecule is Cc1ccc(S(=O)(=O)N2CCCCC2C)cc1C(=O)Nc1nnc(-c2ccsc2)s1. The van der Waals surface area contributed by atoms with Crippen molar-refractivity contribution in [1.29, 1.82) is 0 Å². The number of hydrogen-bond donors (Lipinski definition) is 1. The number of carbonyl (C=O) groups is 1. The molecule has 1 amide bonds. The van der Waals surface area contributed by atoms with Crippen molar-refractivity contribution in [2.45, 2.75) is 44.0 Å². The summed E-state index contributed by atoms with van der Waals surface area (Å²) in [4.78, 5) is 13.0. The number of amides is 1. The van der Waals surface area contributed by atoms with Crippen LogP contribution in [-0.4, -0.2) is 41.4 Å². The quantitative estimate of drug-likeness (QED) is 0.607. The van der Waals surface area contributed by atoms with Crippen LogP contribution in [-0.2, 0) is 10.0 Å². The van der Waals surface area contributed by atoms with Crippen LogP contribution in [0.4, 0.5) is 5.13 Å². The van der Waals surface area contributed by atoms with Gasteiger partial charge in [-0.2, -0.15) is 15.6 Å². The van der Waals surface area contributed by atoms with Gasteiger partial charge < -0.3 is 0 Å². The van der Waals surface area contributed by atoms with E-state index in [9.17, 15) is 13.2 Å². The van der Waals surface area contributed by atoms with Crippen LogP contribution in [0, 0.1) is 6.92 Å². The molecule has 3 heterocycles. The molecule has 30 heavy (non-hydrogen) atoms. The lowest BCUT2D eigenvalue weighted by Gasteiger charge is -2.32. The van der Waals surface area contributed by atoms with Crippen molar-refractivity contribution in [3.63, 3.8) is 0 Å². The van der Waals surface area contributed by atoms with Gasteiger partial charge in [-0.25, -0.2) is 8.42 Å². The lowest BCUT2D eigenvalue weighted by atomic mass is 10.1. The number of rotatable bonds is 5. The van der Waals surface area contributed by atoms with E-state index in [2.05, 4.69) is 15.5 Å². The first-order chi connectivity index (χ1) is 14.4. The van der Waals surface area contributed by atoms with Crippen LogP contribution in [0.25, 0.3) is 10.6 Å². The fourth-order valence-corrected chi connectivity index (χ4v) is 6.69. The molecule has 158 valence electrons. The first-order valence-electron chi connectivity index (χ1n) is 9.66. The van der Waals surface area contributed by atoms with Crippen LogP contribution in [0.1, 0.15) is 42.1 Å². The van der Waals surface area contributed by atoms with Gasteiger partial charge >= 0.3 is 0 Å². The van der Waals surface area contributed by atoms with E-state index in [4.69, 9.17) is 0 Å². The lowest BCUT2D eigenvalue weighted by molar-refractivity contribution is 0.102. The molecule has 0 aliphatic carbocycles. The van der Waals surface area contributed by atoms with Crippen LogP contribution in [0.2, 0.25) is 0 Å². The Hall–Kier alpha value is -2.14. The number of thiophene rings is 1. The molecule has 2 aromatic heterocycles. The van der Waals surface area contributed by atoms with Gasteiger partial charge in [0, 0.05) is 29.1 Å². The number of anilines is 1. The number of carbonyl (C=O) groups excluding carboxylic acids is 1. The van der Waals surface area contributed by atoms with Gasteiger partial charge in [-0.1, -0.05) is 23.8 Å². The van der Waals surface area contributed by atoms with Crippen molar-refractivity contribution in [2.24, 2.45) is 0 Å². The molecule has 0 radical (unpaired) electrons. The Bertz CT molecular complexity index is 1160. The Morgan fingerprint density at radius 3 is 2.80 bits per heavy atom. The molecular formula is C20H22N4O3S3. The van der Waals surface area contributed by atoms with Gasteiger partial charge in [0.1, 0.15) is 5.01 Å². The summed E-state index contributed by atoms with van der Waals surface area (Å²) in [6, 6.07) is 6.61. The third-order valence-electron chi connectivity index (χ3n) is 5.22. The molecule has 10 heteroatoms. The van der Waals surface area contributed by atoms with E-state index < -0.39 is 15.9 Å². The molecule has 1 aliphatic rings. The minimum Gasteiger partial charge on any atom is -0.296 e. The molecule has 1 aliphatic heterocycles. The highest BCUT2D eigenvalue weighted by molar-refractivity contribution is 7.89. The third kappa shape index (κ3) is 4.18. The molecule has 0 bridgehead atoms. The number of piperidine rings is 1. The summed E-state index contributed by atoms with van der Waals surface area (Å²) in [6.07, 6.45) is 2.73. The summed E-state index contributed by atoms with van der Waals surface area (Å²) in [6.45, 7) is 4.22. The third-order valence-corrected chi connectivity index (χ3v) is 8.80. The van der Waals surface area contributed by atoms with E-state index in [0.717, 1.165) is 29.8 Å². The first kappa shape index (κ1) is 21.1. The summed E-state index contributed by atoms with van der Waals surface area (Å²) in [5, 5.41) is 15.9. The Morgan fingerprint density at radius 1 is 1.23 bits per heavy atom. The van der Waals surface area contributed by atoms with Crippen LogP contribution in [0.5, 0.6) is 0 Å². The first-order valence-corrected chi connectivity index (χ1v) is 12.9. The molecule has 4 rings (SSSR count). The van der Waals surface area contributed by atoms with Gasteiger partial charge in [-0.05, 0) is 55.8 Å². The van der Waals surface area contributed by atoms with Gasteiger partial charge in [0.25, 0.3) is 5.91 Å². The zero-order chi connectivity index (χ0) is 21.3.